The number of amides is 1. The van der Waals surface area contributed by atoms with E-state index in [4.69, 9.17) is 10.2 Å². The van der Waals surface area contributed by atoms with Gasteiger partial charge in [-0.1, -0.05) is 37.8 Å². The summed E-state index contributed by atoms with van der Waals surface area (Å²) in [7, 11) is 0. The number of anilines is 1. The number of nitrogens with zero attached hydrogens (tertiary/aromatic N) is 3. The maximum absolute atomic E-state index is 12.2. The minimum Gasteiger partial charge on any atom is -0.298 e. The fourth-order valence-electron chi connectivity index (χ4n) is 3.49. The Morgan fingerprint density at radius 3 is 2.84 bits per heavy atom. The number of carbonyl (C=O) groups excluding carboxylic acids is 1. The van der Waals surface area contributed by atoms with Crippen molar-refractivity contribution in [3.05, 3.63) is 46.1 Å². The van der Waals surface area contributed by atoms with Crippen molar-refractivity contribution in [1.82, 2.24) is 4.98 Å². The Labute approximate surface area is 153 Å². The van der Waals surface area contributed by atoms with E-state index in [1.54, 1.807) is 29.2 Å². The average Bonchev–Trinajstić information content (AvgIpc) is 3.22. The Kier molecular flexibility index (Phi) is 5.50. The van der Waals surface area contributed by atoms with Crippen molar-refractivity contribution in [2.45, 2.75) is 52.5 Å². The third-order valence-electron chi connectivity index (χ3n) is 4.78. The van der Waals surface area contributed by atoms with Crippen molar-refractivity contribution in [3.63, 3.8) is 0 Å². The molecule has 0 aliphatic heterocycles. The highest BCUT2D eigenvalue weighted by Gasteiger charge is 2.22. The number of aryl methyl sites for hydroxylation is 1. The Morgan fingerprint density at radius 1 is 1.40 bits per heavy atom. The highest BCUT2D eigenvalue weighted by atomic mass is 32.1. The van der Waals surface area contributed by atoms with Gasteiger partial charge in [0.2, 0.25) is 5.91 Å². The number of carbonyl (C=O) groups is 1. The molecule has 0 unspecified atom stereocenters. The van der Waals surface area contributed by atoms with Crippen LogP contribution in [0.4, 0.5) is 5.00 Å². The summed E-state index contributed by atoms with van der Waals surface area (Å²) in [5.74, 6) is 0.748. The van der Waals surface area contributed by atoms with Crippen molar-refractivity contribution in [2.75, 3.05) is 4.90 Å². The first kappa shape index (κ1) is 17.6. The van der Waals surface area contributed by atoms with Crippen LogP contribution < -0.4 is 4.90 Å². The third-order valence-corrected chi connectivity index (χ3v) is 5.98. The van der Waals surface area contributed by atoms with E-state index in [-0.39, 0.29) is 5.91 Å². The van der Waals surface area contributed by atoms with Crippen LogP contribution in [0.3, 0.4) is 0 Å². The van der Waals surface area contributed by atoms with Gasteiger partial charge in [0.05, 0.1) is 28.9 Å². The molecule has 1 aromatic heterocycles. The topological polar surface area (TPSA) is 57.0 Å². The maximum Gasteiger partial charge on any atom is 0.224 e. The SMILES string of the molecule is CC(=O)N(Cc1cccc(C#N)c1)c1sc(CC2CCCC2)nc1C. The average molecular weight is 353 g/mol. The van der Waals surface area contributed by atoms with Gasteiger partial charge in [0.15, 0.2) is 0 Å². The van der Waals surface area contributed by atoms with Gasteiger partial charge in [-0.15, -0.1) is 11.3 Å². The summed E-state index contributed by atoms with van der Waals surface area (Å²) in [6, 6.07) is 9.58. The molecule has 1 aliphatic rings. The first-order valence-electron chi connectivity index (χ1n) is 8.80. The number of aromatic nitrogens is 1. The molecule has 0 bridgehead atoms. The lowest BCUT2D eigenvalue weighted by Gasteiger charge is -2.20. The maximum atomic E-state index is 12.2. The number of hydrogen-bond donors (Lipinski definition) is 0. The molecule has 0 spiro atoms. The Morgan fingerprint density at radius 2 is 2.16 bits per heavy atom. The van der Waals surface area contributed by atoms with Crippen molar-refractivity contribution < 1.29 is 4.79 Å². The standard InChI is InChI=1S/C20H23N3OS/c1-14-20(25-19(22-14)11-16-6-3-4-7-16)23(15(2)24)13-18-9-5-8-17(10-18)12-21/h5,8-10,16H,3-4,6-7,11,13H2,1-2H3. The van der Waals surface area contributed by atoms with Gasteiger partial charge in [-0.05, 0) is 30.5 Å². The predicted molar refractivity (Wildman–Crippen MR) is 101 cm³/mol. The summed E-state index contributed by atoms with van der Waals surface area (Å²) in [6.45, 7) is 4.03. The minimum absolute atomic E-state index is 0.00141. The summed E-state index contributed by atoms with van der Waals surface area (Å²) in [5, 5.41) is 11.1. The van der Waals surface area contributed by atoms with Crippen molar-refractivity contribution >= 4 is 22.2 Å². The van der Waals surface area contributed by atoms with E-state index in [9.17, 15) is 4.79 Å². The van der Waals surface area contributed by atoms with Crippen molar-refractivity contribution in [3.8, 4) is 6.07 Å². The van der Waals surface area contributed by atoms with Crippen LogP contribution in [0.25, 0.3) is 0 Å². The lowest BCUT2D eigenvalue weighted by atomic mass is 10.1. The molecule has 5 heteroatoms. The van der Waals surface area contributed by atoms with E-state index in [1.807, 2.05) is 25.1 Å². The molecule has 1 aromatic carbocycles. The van der Waals surface area contributed by atoms with Gasteiger partial charge >= 0.3 is 0 Å². The minimum atomic E-state index is 0.00141. The number of nitriles is 1. The van der Waals surface area contributed by atoms with E-state index >= 15 is 0 Å². The smallest absolute Gasteiger partial charge is 0.224 e. The van der Waals surface area contributed by atoms with Crippen LogP contribution in [0.2, 0.25) is 0 Å². The van der Waals surface area contributed by atoms with Crippen LogP contribution in [-0.4, -0.2) is 10.9 Å². The molecule has 0 atom stereocenters. The van der Waals surface area contributed by atoms with Crippen LogP contribution in [0.1, 0.15) is 54.4 Å². The zero-order valence-electron chi connectivity index (χ0n) is 14.8. The fraction of sp³-hybridized carbons (Fsp3) is 0.450. The van der Waals surface area contributed by atoms with Crippen LogP contribution in [0, 0.1) is 24.2 Å². The van der Waals surface area contributed by atoms with Crippen LogP contribution in [0.15, 0.2) is 24.3 Å². The summed E-state index contributed by atoms with van der Waals surface area (Å²) >= 11 is 1.64. The first-order valence-corrected chi connectivity index (χ1v) is 9.62. The summed E-state index contributed by atoms with van der Waals surface area (Å²) in [6.07, 6.45) is 6.28. The van der Waals surface area contributed by atoms with E-state index in [0.29, 0.717) is 12.1 Å². The molecule has 130 valence electrons. The second-order valence-electron chi connectivity index (χ2n) is 6.77. The normalized spacial score (nSPS) is 14.4. The number of rotatable bonds is 5. The molecule has 1 heterocycles. The van der Waals surface area contributed by atoms with Gasteiger partial charge < -0.3 is 0 Å². The molecule has 1 fully saturated rings. The molecule has 0 N–H and O–H groups in total. The lowest BCUT2D eigenvalue weighted by Crippen LogP contribution is -2.27. The zero-order chi connectivity index (χ0) is 17.8. The second-order valence-corrected chi connectivity index (χ2v) is 7.83. The molecule has 2 aromatic rings. The molecular weight excluding hydrogens is 330 g/mol. The molecule has 3 rings (SSSR count). The monoisotopic (exact) mass is 353 g/mol. The van der Waals surface area contributed by atoms with Gasteiger partial charge in [-0.3, -0.25) is 9.69 Å². The van der Waals surface area contributed by atoms with Crippen LogP contribution >= 0.6 is 11.3 Å². The van der Waals surface area contributed by atoms with Gasteiger partial charge in [0.25, 0.3) is 0 Å². The zero-order valence-corrected chi connectivity index (χ0v) is 15.6. The highest BCUT2D eigenvalue weighted by molar-refractivity contribution is 7.16. The molecule has 1 aliphatic carbocycles. The quantitative estimate of drug-likeness (QED) is 0.789. The van der Waals surface area contributed by atoms with Gasteiger partial charge in [0, 0.05) is 13.3 Å². The summed E-state index contributed by atoms with van der Waals surface area (Å²) in [5.41, 5.74) is 2.49. The molecule has 1 amide bonds. The first-order chi connectivity index (χ1) is 12.1. The third kappa shape index (κ3) is 4.26. The largest absolute Gasteiger partial charge is 0.298 e. The molecule has 4 nitrogen and oxygen atoms in total. The molecule has 0 saturated heterocycles. The van der Waals surface area contributed by atoms with Crippen molar-refractivity contribution in [2.24, 2.45) is 5.92 Å². The molecular formula is C20H23N3OS. The Hall–Kier alpha value is -2.19. The predicted octanol–water partition coefficient (Wildman–Crippen LogP) is 4.61. The van der Waals surface area contributed by atoms with E-state index in [1.165, 1.54) is 25.7 Å². The molecule has 25 heavy (non-hydrogen) atoms. The van der Waals surface area contributed by atoms with Crippen LogP contribution in [0.5, 0.6) is 0 Å². The summed E-state index contributed by atoms with van der Waals surface area (Å²) < 4.78 is 0. The van der Waals surface area contributed by atoms with Crippen molar-refractivity contribution in [1.29, 1.82) is 5.26 Å². The van der Waals surface area contributed by atoms with Gasteiger partial charge in [-0.2, -0.15) is 5.26 Å². The van der Waals surface area contributed by atoms with Gasteiger partial charge in [0.1, 0.15) is 5.00 Å². The van der Waals surface area contributed by atoms with E-state index in [2.05, 4.69) is 6.07 Å². The lowest BCUT2D eigenvalue weighted by molar-refractivity contribution is -0.116. The Bertz CT molecular complexity index is 800. The van der Waals surface area contributed by atoms with Gasteiger partial charge in [-0.25, -0.2) is 4.98 Å². The molecule has 0 radical (unpaired) electrons. The highest BCUT2D eigenvalue weighted by Crippen LogP contribution is 2.34. The molecule has 1 saturated carbocycles. The number of benzene rings is 1. The number of hydrogen-bond acceptors (Lipinski definition) is 4. The van der Waals surface area contributed by atoms with E-state index in [0.717, 1.165) is 33.6 Å². The summed E-state index contributed by atoms with van der Waals surface area (Å²) in [4.78, 5) is 18.8. The fourth-order valence-corrected chi connectivity index (χ4v) is 4.71. The Balaban J connectivity index is 1.81. The van der Waals surface area contributed by atoms with Crippen LogP contribution in [-0.2, 0) is 17.8 Å². The second kappa shape index (κ2) is 7.79. The number of thiazole rings is 1. The van der Waals surface area contributed by atoms with E-state index < -0.39 is 0 Å².